The Morgan fingerprint density at radius 2 is 2.05 bits per heavy atom. The lowest BCUT2D eigenvalue weighted by Crippen LogP contribution is -2.16. The number of benzene rings is 1. The molecule has 0 spiro atoms. The summed E-state index contributed by atoms with van der Waals surface area (Å²) < 4.78 is 14.5. The van der Waals surface area contributed by atoms with Crippen LogP contribution < -0.4 is 0 Å². The van der Waals surface area contributed by atoms with Crippen LogP contribution in [-0.4, -0.2) is 25.7 Å². The van der Waals surface area contributed by atoms with Crippen LogP contribution in [0.25, 0.3) is 0 Å². The van der Waals surface area contributed by atoms with Crippen LogP contribution in [0.15, 0.2) is 53.0 Å². The highest BCUT2D eigenvalue weighted by molar-refractivity contribution is 7.50. The molecule has 0 saturated heterocycles. The molecule has 118 valence electrons. The number of phenols is 1. The molecular weight excluding hydrogens is 305 g/mol. The van der Waals surface area contributed by atoms with Crippen LogP contribution >= 0.6 is 7.75 Å². The first kappa shape index (κ1) is 16.5. The minimum absolute atomic E-state index is 0.0392. The van der Waals surface area contributed by atoms with E-state index >= 15 is 0 Å². The van der Waals surface area contributed by atoms with E-state index in [1.54, 1.807) is 24.3 Å². The zero-order valence-corrected chi connectivity index (χ0v) is 12.9. The fourth-order valence-corrected chi connectivity index (χ4v) is 2.93. The van der Waals surface area contributed by atoms with E-state index in [1.807, 2.05) is 13.0 Å². The van der Waals surface area contributed by atoms with Crippen molar-refractivity contribution >= 4 is 13.5 Å². The van der Waals surface area contributed by atoms with Gasteiger partial charge in [0, 0.05) is 12.0 Å². The molecule has 4 N–H and O–H groups in total. The number of aliphatic hydroxyl groups is 1. The zero-order chi connectivity index (χ0) is 16.3. The molecular formula is C15H18NO5P. The zero-order valence-electron chi connectivity index (χ0n) is 12.0. The van der Waals surface area contributed by atoms with Crippen molar-refractivity contribution in [1.82, 2.24) is 0 Å². The Balaban J connectivity index is 2.22. The van der Waals surface area contributed by atoms with Gasteiger partial charge in [0.25, 0.3) is 0 Å². The van der Waals surface area contributed by atoms with Gasteiger partial charge < -0.3 is 20.0 Å². The summed E-state index contributed by atoms with van der Waals surface area (Å²) in [6.45, 7) is 1.95. The topological polar surface area (TPSA) is 110 Å². The van der Waals surface area contributed by atoms with Gasteiger partial charge in [-0.1, -0.05) is 25.1 Å². The highest BCUT2D eigenvalue weighted by Gasteiger charge is 2.23. The summed E-state index contributed by atoms with van der Waals surface area (Å²) in [5.41, 5.74) is 1.07. The van der Waals surface area contributed by atoms with Crippen LogP contribution in [0.3, 0.4) is 0 Å². The Hall–Kier alpha value is -1.88. The number of aromatic hydroxyl groups is 1. The molecule has 0 aromatic heterocycles. The van der Waals surface area contributed by atoms with Crippen LogP contribution in [0, 0.1) is 5.92 Å². The quantitative estimate of drug-likeness (QED) is 0.637. The predicted octanol–water partition coefficient (Wildman–Crippen LogP) is 3.05. The standard InChI is InChI=1S/C15H18NO5P/c1-10(11-3-2-4-13(17)8-11)7-12-5-6-14(18)9-15(12)16-22(19,20)21/h2-6,8-10,12,17-18H,7H2,1H3,(H2,19,20,21). The van der Waals surface area contributed by atoms with Crippen molar-refractivity contribution in [3.63, 3.8) is 0 Å². The predicted molar refractivity (Wildman–Crippen MR) is 84.0 cm³/mol. The van der Waals surface area contributed by atoms with E-state index in [0.29, 0.717) is 6.42 Å². The lowest BCUT2D eigenvalue weighted by molar-refractivity contribution is 0.375. The maximum absolute atomic E-state index is 11.1. The van der Waals surface area contributed by atoms with E-state index < -0.39 is 7.75 Å². The Bertz CT molecular complexity index is 689. The molecule has 1 aromatic rings. The molecule has 0 aliphatic heterocycles. The third-order valence-corrected chi connectivity index (χ3v) is 3.96. The molecule has 7 heteroatoms. The lowest BCUT2D eigenvalue weighted by Gasteiger charge is -2.21. The van der Waals surface area contributed by atoms with E-state index in [2.05, 4.69) is 4.76 Å². The number of hydrogen-bond donors (Lipinski definition) is 4. The molecule has 2 unspecified atom stereocenters. The van der Waals surface area contributed by atoms with Gasteiger partial charge in [-0.05, 0) is 36.1 Å². The Morgan fingerprint density at radius 1 is 1.32 bits per heavy atom. The molecule has 2 atom stereocenters. The highest BCUT2D eigenvalue weighted by atomic mass is 31.2. The van der Waals surface area contributed by atoms with Crippen LogP contribution in [0.2, 0.25) is 0 Å². The van der Waals surface area contributed by atoms with E-state index in [-0.39, 0.29) is 29.1 Å². The van der Waals surface area contributed by atoms with E-state index in [9.17, 15) is 14.8 Å². The highest BCUT2D eigenvalue weighted by Crippen LogP contribution is 2.39. The van der Waals surface area contributed by atoms with Crippen molar-refractivity contribution in [2.75, 3.05) is 0 Å². The minimum atomic E-state index is -4.56. The summed E-state index contributed by atoms with van der Waals surface area (Å²) in [6, 6.07) is 6.86. The van der Waals surface area contributed by atoms with Crippen LogP contribution in [0.4, 0.5) is 0 Å². The van der Waals surface area contributed by atoms with Crippen molar-refractivity contribution in [3.05, 3.63) is 53.8 Å². The molecule has 0 heterocycles. The van der Waals surface area contributed by atoms with Crippen molar-refractivity contribution in [1.29, 1.82) is 0 Å². The van der Waals surface area contributed by atoms with Crippen LogP contribution in [0.1, 0.15) is 24.8 Å². The van der Waals surface area contributed by atoms with Crippen LogP contribution in [0.5, 0.6) is 5.75 Å². The summed E-state index contributed by atoms with van der Waals surface area (Å²) >= 11 is 0. The van der Waals surface area contributed by atoms with Gasteiger partial charge in [0.1, 0.15) is 11.5 Å². The average molecular weight is 323 g/mol. The summed E-state index contributed by atoms with van der Waals surface area (Å²) in [4.78, 5) is 18.0. The molecule has 1 aromatic carbocycles. The molecule has 6 nitrogen and oxygen atoms in total. The van der Waals surface area contributed by atoms with E-state index in [4.69, 9.17) is 9.79 Å². The second-order valence-electron chi connectivity index (χ2n) is 5.30. The van der Waals surface area contributed by atoms with Gasteiger partial charge in [0.15, 0.2) is 0 Å². The van der Waals surface area contributed by atoms with Crippen molar-refractivity contribution in [3.8, 4) is 5.75 Å². The number of phenolic OH excluding ortho intramolecular Hbond substituents is 1. The number of hydrogen-bond acceptors (Lipinski definition) is 3. The fraction of sp³-hybridized carbons (Fsp3) is 0.267. The molecule has 0 saturated carbocycles. The second kappa shape index (κ2) is 6.48. The summed E-state index contributed by atoms with van der Waals surface area (Å²) in [7, 11) is -4.56. The molecule has 0 radical (unpaired) electrons. The van der Waals surface area contributed by atoms with Crippen molar-refractivity contribution in [2.24, 2.45) is 10.7 Å². The molecule has 1 aliphatic carbocycles. The summed E-state index contributed by atoms with van der Waals surface area (Å²) in [6.07, 6.45) is 4.96. The first-order valence-corrected chi connectivity index (χ1v) is 8.34. The largest absolute Gasteiger partial charge is 0.508 e. The van der Waals surface area contributed by atoms with Crippen molar-refractivity contribution < 1.29 is 24.6 Å². The molecule has 2 rings (SSSR count). The SMILES string of the molecule is CC(CC1C=CC(O)=CC1=NP(=O)(O)O)c1cccc(O)c1. The van der Waals surface area contributed by atoms with E-state index in [1.165, 1.54) is 12.2 Å². The Kier molecular flexibility index (Phi) is 4.86. The average Bonchev–Trinajstić information content (AvgIpc) is 2.40. The normalized spacial score (nSPS) is 21.7. The third kappa shape index (κ3) is 4.56. The maximum atomic E-state index is 11.1. The molecule has 22 heavy (non-hydrogen) atoms. The minimum Gasteiger partial charge on any atom is -0.508 e. The molecule has 0 amide bonds. The van der Waals surface area contributed by atoms with Gasteiger partial charge >= 0.3 is 7.75 Å². The Labute approximate surface area is 128 Å². The summed E-state index contributed by atoms with van der Waals surface area (Å²) in [5, 5.41) is 19.0. The smallest absolute Gasteiger partial charge is 0.448 e. The van der Waals surface area contributed by atoms with Crippen LogP contribution in [-0.2, 0) is 4.57 Å². The number of nitrogens with zero attached hydrogens (tertiary/aromatic N) is 1. The summed E-state index contributed by atoms with van der Waals surface area (Å²) in [5.74, 6) is -0.197. The molecule has 0 fully saturated rings. The monoisotopic (exact) mass is 323 g/mol. The number of allylic oxidation sites excluding steroid dienone is 3. The first-order chi connectivity index (χ1) is 10.2. The first-order valence-electron chi connectivity index (χ1n) is 6.78. The van der Waals surface area contributed by atoms with Gasteiger partial charge in [0.05, 0.1) is 5.71 Å². The van der Waals surface area contributed by atoms with Gasteiger partial charge in [-0.15, -0.1) is 0 Å². The van der Waals surface area contributed by atoms with Gasteiger partial charge in [-0.2, -0.15) is 4.76 Å². The van der Waals surface area contributed by atoms with Gasteiger partial charge in [-0.25, -0.2) is 4.57 Å². The Morgan fingerprint density at radius 3 is 2.68 bits per heavy atom. The van der Waals surface area contributed by atoms with Crippen molar-refractivity contribution in [2.45, 2.75) is 19.3 Å². The van der Waals surface area contributed by atoms with Gasteiger partial charge in [-0.3, -0.25) is 0 Å². The number of aliphatic hydroxyl groups excluding tert-OH is 1. The molecule has 0 bridgehead atoms. The third-order valence-electron chi connectivity index (χ3n) is 3.47. The second-order valence-corrected chi connectivity index (χ2v) is 6.53. The van der Waals surface area contributed by atoms with E-state index in [0.717, 1.165) is 5.56 Å². The fourth-order valence-electron chi connectivity index (χ4n) is 2.42. The number of rotatable bonds is 4. The molecule has 1 aliphatic rings. The van der Waals surface area contributed by atoms with Gasteiger partial charge in [0.2, 0.25) is 0 Å². The maximum Gasteiger partial charge on any atom is 0.448 e. The lowest BCUT2D eigenvalue weighted by atomic mass is 9.85.